The number of nitrogens with zero attached hydrogens (tertiary/aromatic N) is 1. The lowest BCUT2D eigenvalue weighted by Crippen LogP contribution is -1.95. The lowest BCUT2D eigenvalue weighted by atomic mass is 10.1. The van der Waals surface area contributed by atoms with Gasteiger partial charge in [0.1, 0.15) is 17.2 Å². The van der Waals surface area contributed by atoms with Crippen molar-refractivity contribution >= 4 is 33.5 Å². The average Bonchev–Trinajstić information content (AvgIpc) is 2.84. The molecule has 0 fully saturated rings. The quantitative estimate of drug-likeness (QED) is 0.309. The van der Waals surface area contributed by atoms with E-state index in [-0.39, 0.29) is 11.1 Å². The number of benzene rings is 4. The Morgan fingerprint density at radius 1 is 0.559 bits per heavy atom. The van der Waals surface area contributed by atoms with Crippen LogP contribution in [0.1, 0.15) is 20.7 Å². The second-order valence-electron chi connectivity index (χ2n) is 7.59. The van der Waals surface area contributed by atoms with Crippen LogP contribution in [0.5, 0.6) is 23.1 Å². The lowest BCUT2D eigenvalue weighted by molar-refractivity contribution is 0.0686. The van der Waals surface area contributed by atoms with Crippen LogP contribution >= 0.6 is 0 Å². The highest BCUT2D eigenvalue weighted by Gasteiger charge is 2.08. The SMILES string of the molecule is O=C(O)c1ccc2cc(Oc3ccc(Oc4ccc5cc(C(=O)O)ccc5c4)nc3)ccc2c1. The molecule has 7 heteroatoms. The molecule has 1 aromatic heterocycles. The molecule has 5 rings (SSSR count). The number of carboxylic acid groups (broad SMARTS) is 2. The number of aromatic nitrogens is 1. The molecule has 0 saturated carbocycles. The summed E-state index contributed by atoms with van der Waals surface area (Å²) < 4.78 is 11.7. The van der Waals surface area contributed by atoms with E-state index in [1.165, 1.54) is 0 Å². The number of rotatable bonds is 6. The zero-order valence-corrected chi connectivity index (χ0v) is 17.6. The van der Waals surface area contributed by atoms with Gasteiger partial charge in [0.25, 0.3) is 0 Å². The van der Waals surface area contributed by atoms with Gasteiger partial charge in [0.15, 0.2) is 0 Å². The van der Waals surface area contributed by atoms with Gasteiger partial charge in [-0.25, -0.2) is 14.6 Å². The maximum atomic E-state index is 11.1. The van der Waals surface area contributed by atoms with Gasteiger partial charge in [0, 0.05) is 6.07 Å². The first-order chi connectivity index (χ1) is 16.4. The highest BCUT2D eigenvalue weighted by molar-refractivity contribution is 5.95. The minimum Gasteiger partial charge on any atom is -0.478 e. The zero-order chi connectivity index (χ0) is 23.7. The fourth-order valence-corrected chi connectivity index (χ4v) is 3.58. The molecule has 0 bridgehead atoms. The van der Waals surface area contributed by atoms with Crippen molar-refractivity contribution in [1.82, 2.24) is 4.98 Å². The Balaban J connectivity index is 1.30. The van der Waals surface area contributed by atoms with Crippen molar-refractivity contribution in [3.63, 3.8) is 0 Å². The van der Waals surface area contributed by atoms with Crippen LogP contribution < -0.4 is 9.47 Å². The summed E-state index contributed by atoms with van der Waals surface area (Å²) in [6.45, 7) is 0. The Morgan fingerprint density at radius 3 is 1.53 bits per heavy atom. The van der Waals surface area contributed by atoms with Gasteiger partial charge < -0.3 is 19.7 Å². The number of carboxylic acids is 2. The molecule has 2 N–H and O–H groups in total. The molecule has 0 aliphatic carbocycles. The molecular formula is C27H17NO6. The van der Waals surface area contributed by atoms with E-state index < -0.39 is 11.9 Å². The van der Waals surface area contributed by atoms with Crippen molar-refractivity contribution in [2.45, 2.75) is 0 Å². The van der Waals surface area contributed by atoms with Gasteiger partial charge in [-0.1, -0.05) is 24.3 Å². The summed E-state index contributed by atoms with van der Waals surface area (Å²) in [6, 6.07) is 24.0. The van der Waals surface area contributed by atoms with Crippen molar-refractivity contribution in [2.75, 3.05) is 0 Å². The molecule has 4 aromatic carbocycles. The Morgan fingerprint density at radius 2 is 1.03 bits per heavy atom. The third-order valence-corrected chi connectivity index (χ3v) is 5.28. The Labute approximate surface area is 193 Å². The molecule has 1 heterocycles. The maximum Gasteiger partial charge on any atom is 0.335 e. The molecule has 166 valence electrons. The van der Waals surface area contributed by atoms with Crippen LogP contribution in [-0.4, -0.2) is 27.1 Å². The molecule has 0 amide bonds. The Kier molecular flexibility index (Phi) is 5.27. The topological polar surface area (TPSA) is 106 Å². The van der Waals surface area contributed by atoms with Crippen LogP contribution in [0.4, 0.5) is 0 Å². The van der Waals surface area contributed by atoms with Gasteiger partial charge >= 0.3 is 11.9 Å². The fourth-order valence-electron chi connectivity index (χ4n) is 3.58. The molecule has 34 heavy (non-hydrogen) atoms. The molecule has 0 atom stereocenters. The number of aromatic carboxylic acids is 2. The first-order valence-corrected chi connectivity index (χ1v) is 10.3. The van der Waals surface area contributed by atoms with Crippen LogP contribution in [0.3, 0.4) is 0 Å². The van der Waals surface area contributed by atoms with Crippen LogP contribution in [0.2, 0.25) is 0 Å². The first kappa shape index (κ1) is 21.0. The van der Waals surface area contributed by atoms with Gasteiger partial charge in [-0.15, -0.1) is 0 Å². The fraction of sp³-hybridized carbons (Fsp3) is 0. The molecule has 0 radical (unpaired) electrons. The van der Waals surface area contributed by atoms with Crippen molar-refractivity contribution in [2.24, 2.45) is 0 Å². The van der Waals surface area contributed by atoms with Gasteiger partial charge in [-0.3, -0.25) is 0 Å². The van der Waals surface area contributed by atoms with E-state index in [2.05, 4.69) is 4.98 Å². The van der Waals surface area contributed by atoms with E-state index in [4.69, 9.17) is 19.7 Å². The second-order valence-corrected chi connectivity index (χ2v) is 7.59. The summed E-state index contributed by atoms with van der Waals surface area (Å²) in [6.07, 6.45) is 1.55. The van der Waals surface area contributed by atoms with E-state index >= 15 is 0 Å². The summed E-state index contributed by atoms with van der Waals surface area (Å²) in [5, 5.41) is 21.6. The first-order valence-electron chi connectivity index (χ1n) is 10.3. The van der Waals surface area contributed by atoms with E-state index in [1.807, 2.05) is 12.1 Å². The Bertz CT molecular complexity index is 1440. The monoisotopic (exact) mass is 451 g/mol. The van der Waals surface area contributed by atoms with E-state index in [0.29, 0.717) is 23.1 Å². The molecule has 0 spiro atoms. The van der Waals surface area contributed by atoms with Gasteiger partial charge in [0.2, 0.25) is 5.88 Å². The molecular weight excluding hydrogens is 434 g/mol. The highest BCUT2D eigenvalue weighted by Crippen LogP contribution is 2.29. The molecule has 0 saturated heterocycles. The van der Waals surface area contributed by atoms with E-state index in [0.717, 1.165) is 21.5 Å². The minimum absolute atomic E-state index is 0.231. The molecule has 0 aliphatic rings. The van der Waals surface area contributed by atoms with Crippen LogP contribution in [0.25, 0.3) is 21.5 Å². The number of hydrogen-bond acceptors (Lipinski definition) is 5. The molecule has 7 nitrogen and oxygen atoms in total. The van der Waals surface area contributed by atoms with Gasteiger partial charge in [-0.2, -0.15) is 0 Å². The normalized spacial score (nSPS) is 10.8. The highest BCUT2D eigenvalue weighted by atomic mass is 16.5. The summed E-state index contributed by atoms with van der Waals surface area (Å²) in [4.78, 5) is 26.5. The predicted octanol–water partition coefficient (Wildman–Crippen LogP) is 6.37. The summed E-state index contributed by atoms with van der Waals surface area (Å²) in [5.74, 6) is 0.145. The maximum absolute atomic E-state index is 11.1. The molecule has 0 aliphatic heterocycles. The van der Waals surface area contributed by atoms with Crippen LogP contribution in [-0.2, 0) is 0 Å². The number of pyridine rings is 1. The summed E-state index contributed by atoms with van der Waals surface area (Å²) in [7, 11) is 0. The van der Waals surface area contributed by atoms with Crippen molar-refractivity contribution < 1.29 is 29.3 Å². The molecule has 5 aromatic rings. The smallest absolute Gasteiger partial charge is 0.335 e. The summed E-state index contributed by atoms with van der Waals surface area (Å²) in [5.41, 5.74) is 0.465. The number of carbonyl (C=O) groups is 2. The van der Waals surface area contributed by atoms with E-state index in [9.17, 15) is 9.59 Å². The zero-order valence-electron chi connectivity index (χ0n) is 17.6. The number of fused-ring (bicyclic) bond motifs is 2. The van der Waals surface area contributed by atoms with Gasteiger partial charge in [-0.05, 0) is 76.1 Å². The number of ether oxygens (including phenoxy) is 2. The van der Waals surface area contributed by atoms with Crippen molar-refractivity contribution in [3.8, 4) is 23.1 Å². The largest absolute Gasteiger partial charge is 0.478 e. The molecule has 0 unspecified atom stereocenters. The van der Waals surface area contributed by atoms with Crippen LogP contribution in [0.15, 0.2) is 91.1 Å². The summed E-state index contributed by atoms with van der Waals surface area (Å²) >= 11 is 0. The lowest BCUT2D eigenvalue weighted by Gasteiger charge is -2.09. The third-order valence-electron chi connectivity index (χ3n) is 5.28. The van der Waals surface area contributed by atoms with E-state index in [1.54, 1.807) is 79.0 Å². The average molecular weight is 451 g/mol. The Hall–Kier alpha value is -4.91. The van der Waals surface area contributed by atoms with Crippen molar-refractivity contribution in [3.05, 3.63) is 102 Å². The number of hydrogen-bond donors (Lipinski definition) is 2. The second kappa shape index (κ2) is 8.55. The minimum atomic E-state index is -0.968. The standard InChI is InChI=1S/C27H17NO6/c29-26(30)20-3-1-18-13-22(7-5-16(18)11-20)33-24-9-10-25(28-15-24)34-23-8-6-17-12-21(27(31)32)4-2-19(17)14-23/h1-15H,(H,29,30)(H,31,32). The van der Waals surface area contributed by atoms with Gasteiger partial charge in [0.05, 0.1) is 17.3 Å². The third kappa shape index (κ3) is 4.35. The van der Waals surface area contributed by atoms with Crippen LogP contribution in [0, 0.1) is 0 Å². The predicted molar refractivity (Wildman–Crippen MR) is 126 cm³/mol. The van der Waals surface area contributed by atoms with Crippen molar-refractivity contribution in [1.29, 1.82) is 0 Å².